The molecule has 1 aliphatic rings. The van der Waals surface area contributed by atoms with Crippen molar-refractivity contribution in [1.29, 1.82) is 0 Å². The second kappa shape index (κ2) is 4.55. The normalized spacial score (nSPS) is 15.1. The van der Waals surface area contributed by atoms with Gasteiger partial charge < -0.3 is 9.73 Å². The molecular weight excluding hydrogens is 234 g/mol. The van der Waals surface area contributed by atoms with E-state index in [4.69, 9.17) is 16.0 Å². The fourth-order valence-electron chi connectivity index (χ4n) is 1.86. The molecule has 1 aliphatic carbocycles. The Balaban J connectivity index is 1.83. The first kappa shape index (κ1) is 10.9. The third-order valence-corrected chi connectivity index (χ3v) is 3.43. The largest absolute Gasteiger partial charge is 0.472 e. The van der Waals surface area contributed by atoms with Crippen LogP contribution in [0.25, 0.3) is 11.1 Å². The fraction of sp³-hybridized carbons (Fsp3) is 0.286. The molecule has 1 saturated carbocycles. The van der Waals surface area contributed by atoms with Crippen molar-refractivity contribution in [3.63, 3.8) is 0 Å². The number of furan rings is 1. The standard InChI is InChI=1S/C14H14ClNO/c15-14-4-1-10(11-5-6-17-9-11)7-12(14)8-16-13-2-3-13/h1,4-7,9,13,16H,2-3,8H2. The molecule has 88 valence electrons. The van der Waals surface area contributed by atoms with Crippen LogP contribution in [0, 0.1) is 0 Å². The molecule has 2 nitrogen and oxygen atoms in total. The SMILES string of the molecule is Clc1ccc(-c2ccoc2)cc1CNC1CC1. The minimum absolute atomic E-state index is 0.698. The Hall–Kier alpha value is -1.25. The van der Waals surface area contributed by atoms with Crippen molar-refractivity contribution < 1.29 is 4.42 Å². The number of nitrogens with one attached hydrogen (secondary N) is 1. The van der Waals surface area contributed by atoms with Gasteiger partial charge in [0, 0.05) is 23.2 Å². The van der Waals surface area contributed by atoms with Crippen molar-refractivity contribution >= 4 is 11.6 Å². The highest BCUT2D eigenvalue weighted by Crippen LogP contribution is 2.26. The number of hydrogen-bond donors (Lipinski definition) is 1. The molecule has 3 heteroatoms. The quantitative estimate of drug-likeness (QED) is 0.888. The number of rotatable bonds is 4. The van der Waals surface area contributed by atoms with E-state index in [1.165, 1.54) is 12.8 Å². The maximum Gasteiger partial charge on any atom is 0.0980 e. The van der Waals surface area contributed by atoms with E-state index in [2.05, 4.69) is 11.4 Å². The van der Waals surface area contributed by atoms with Gasteiger partial charge in [-0.2, -0.15) is 0 Å². The molecule has 2 aromatic rings. The molecule has 0 spiro atoms. The lowest BCUT2D eigenvalue weighted by atomic mass is 10.1. The lowest BCUT2D eigenvalue weighted by molar-refractivity contribution is 0.568. The van der Waals surface area contributed by atoms with Gasteiger partial charge in [0.2, 0.25) is 0 Å². The maximum absolute atomic E-state index is 6.20. The Labute approximate surface area is 106 Å². The van der Waals surface area contributed by atoms with Crippen LogP contribution in [0.15, 0.2) is 41.2 Å². The van der Waals surface area contributed by atoms with Crippen molar-refractivity contribution in [2.75, 3.05) is 0 Å². The van der Waals surface area contributed by atoms with Gasteiger partial charge in [-0.25, -0.2) is 0 Å². The Morgan fingerprint density at radius 1 is 1.24 bits per heavy atom. The molecule has 1 aromatic heterocycles. The van der Waals surface area contributed by atoms with Gasteiger partial charge >= 0.3 is 0 Å². The van der Waals surface area contributed by atoms with E-state index in [1.807, 2.05) is 18.2 Å². The predicted octanol–water partition coefficient (Wildman–Crippen LogP) is 3.85. The van der Waals surface area contributed by atoms with Gasteiger partial charge in [-0.3, -0.25) is 0 Å². The van der Waals surface area contributed by atoms with Crippen molar-refractivity contribution in [3.05, 3.63) is 47.4 Å². The van der Waals surface area contributed by atoms with E-state index in [1.54, 1.807) is 12.5 Å². The average molecular weight is 248 g/mol. The molecule has 1 fully saturated rings. The van der Waals surface area contributed by atoms with Gasteiger partial charge in [-0.1, -0.05) is 17.7 Å². The number of hydrogen-bond acceptors (Lipinski definition) is 2. The molecule has 0 saturated heterocycles. The summed E-state index contributed by atoms with van der Waals surface area (Å²) in [6, 6.07) is 8.76. The van der Waals surface area contributed by atoms with Gasteiger partial charge in [0.15, 0.2) is 0 Å². The first-order chi connectivity index (χ1) is 8.33. The Bertz CT molecular complexity index is 503. The summed E-state index contributed by atoms with van der Waals surface area (Å²) in [7, 11) is 0. The highest BCUT2D eigenvalue weighted by Gasteiger charge is 2.20. The van der Waals surface area contributed by atoms with Crippen LogP contribution in [0.2, 0.25) is 5.02 Å². The lowest BCUT2D eigenvalue weighted by Gasteiger charge is -2.07. The zero-order valence-electron chi connectivity index (χ0n) is 9.45. The highest BCUT2D eigenvalue weighted by molar-refractivity contribution is 6.31. The van der Waals surface area contributed by atoms with Gasteiger partial charge in [-0.15, -0.1) is 0 Å². The first-order valence-corrected chi connectivity index (χ1v) is 6.25. The van der Waals surface area contributed by atoms with Crippen LogP contribution in [0.4, 0.5) is 0 Å². The second-order valence-electron chi connectivity index (χ2n) is 4.47. The summed E-state index contributed by atoms with van der Waals surface area (Å²) in [5.41, 5.74) is 3.39. The molecule has 0 aliphatic heterocycles. The summed E-state index contributed by atoms with van der Waals surface area (Å²) in [6.45, 7) is 0.842. The second-order valence-corrected chi connectivity index (χ2v) is 4.88. The Kier molecular flexibility index (Phi) is 2.91. The molecular formula is C14H14ClNO. The molecule has 1 heterocycles. The third kappa shape index (κ3) is 2.54. The lowest BCUT2D eigenvalue weighted by Crippen LogP contribution is -2.15. The van der Waals surface area contributed by atoms with Crippen LogP contribution in [0.1, 0.15) is 18.4 Å². The molecule has 0 radical (unpaired) electrons. The van der Waals surface area contributed by atoms with E-state index < -0.39 is 0 Å². The molecule has 0 atom stereocenters. The smallest absolute Gasteiger partial charge is 0.0980 e. The van der Waals surface area contributed by atoms with E-state index >= 15 is 0 Å². The molecule has 0 amide bonds. The van der Waals surface area contributed by atoms with Crippen molar-refractivity contribution in [1.82, 2.24) is 5.32 Å². The topological polar surface area (TPSA) is 25.2 Å². The van der Waals surface area contributed by atoms with Crippen molar-refractivity contribution in [2.24, 2.45) is 0 Å². The molecule has 1 N–H and O–H groups in total. The van der Waals surface area contributed by atoms with Crippen LogP contribution >= 0.6 is 11.6 Å². The minimum atomic E-state index is 0.698. The van der Waals surface area contributed by atoms with E-state index in [0.29, 0.717) is 6.04 Å². The Morgan fingerprint density at radius 2 is 2.12 bits per heavy atom. The zero-order chi connectivity index (χ0) is 11.7. The summed E-state index contributed by atoms with van der Waals surface area (Å²) in [6.07, 6.45) is 6.02. The van der Waals surface area contributed by atoms with Gasteiger partial charge in [0.1, 0.15) is 0 Å². The maximum atomic E-state index is 6.20. The Morgan fingerprint density at radius 3 is 2.82 bits per heavy atom. The van der Waals surface area contributed by atoms with E-state index in [9.17, 15) is 0 Å². The van der Waals surface area contributed by atoms with Crippen LogP contribution < -0.4 is 5.32 Å². The number of benzene rings is 1. The summed E-state index contributed by atoms with van der Waals surface area (Å²) < 4.78 is 5.10. The zero-order valence-corrected chi connectivity index (χ0v) is 10.2. The number of halogens is 1. The molecule has 3 rings (SSSR count). The summed E-state index contributed by atoms with van der Waals surface area (Å²) in [4.78, 5) is 0. The monoisotopic (exact) mass is 247 g/mol. The van der Waals surface area contributed by atoms with Crippen LogP contribution in [-0.2, 0) is 6.54 Å². The van der Waals surface area contributed by atoms with Gasteiger partial charge in [-0.05, 0) is 42.2 Å². The van der Waals surface area contributed by atoms with Gasteiger partial charge in [0.05, 0.1) is 12.5 Å². The van der Waals surface area contributed by atoms with Crippen molar-refractivity contribution in [2.45, 2.75) is 25.4 Å². The van der Waals surface area contributed by atoms with Gasteiger partial charge in [0.25, 0.3) is 0 Å². The first-order valence-electron chi connectivity index (χ1n) is 5.87. The highest BCUT2D eigenvalue weighted by atomic mass is 35.5. The predicted molar refractivity (Wildman–Crippen MR) is 69.0 cm³/mol. The van der Waals surface area contributed by atoms with Crippen LogP contribution in [0.5, 0.6) is 0 Å². The fourth-order valence-corrected chi connectivity index (χ4v) is 2.04. The third-order valence-electron chi connectivity index (χ3n) is 3.06. The van der Waals surface area contributed by atoms with Crippen LogP contribution in [0.3, 0.4) is 0 Å². The summed E-state index contributed by atoms with van der Waals surface area (Å²) in [5.74, 6) is 0. The van der Waals surface area contributed by atoms with E-state index in [0.717, 1.165) is 28.3 Å². The molecule has 0 unspecified atom stereocenters. The molecule has 1 aromatic carbocycles. The van der Waals surface area contributed by atoms with E-state index in [-0.39, 0.29) is 0 Å². The summed E-state index contributed by atoms with van der Waals surface area (Å²) in [5, 5.41) is 4.30. The summed E-state index contributed by atoms with van der Waals surface area (Å²) >= 11 is 6.20. The van der Waals surface area contributed by atoms with Crippen molar-refractivity contribution in [3.8, 4) is 11.1 Å². The average Bonchev–Trinajstić information content (AvgIpc) is 3.00. The van der Waals surface area contributed by atoms with Crippen LogP contribution in [-0.4, -0.2) is 6.04 Å². The minimum Gasteiger partial charge on any atom is -0.472 e. The molecule has 0 bridgehead atoms. The molecule has 17 heavy (non-hydrogen) atoms.